The lowest BCUT2D eigenvalue weighted by Crippen LogP contribution is -2.23. The van der Waals surface area contributed by atoms with Gasteiger partial charge >= 0.3 is 0 Å². The maximum absolute atomic E-state index is 5.08. The summed E-state index contributed by atoms with van der Waals surface area (Å²) in [5, 5.41) is 3.47. The molecular weight excluding hydrogens is 164 g/mol. The van der Waals surface area contributed by atoms with E-state index in [1.54, 1.807) is 7.11 Å². The summed E-state index contributed by atoms with van der Waals surface area (Å²) in [7, 11) is 1.68. The molecule has 1 aromatic rings. The number of hydrogen-bond donors (Lipinski definition) is 2. The molecule has 0 saturated carbocycles. The Morgan fingerprint density at radius 2 is 2.46 bits per heavy atom. The van der Waals surface area contributed by atoms with Crippen molar-refractivity contribution >= 4 is 0 Å². The molecule has 3 nitrogen and oxygen atoms in total. The largest absolute Gasteiger partial charge is 0.482 e. The second kappa shape index (κ2) is 3.83. The molecule has 0 spiro atoms. The normalized spacial score (nSPS) is 22.1. The van der Waals surface area contributed by atoms with Gasteiger partial charge in [0.05, 0.1) is 7.11 Å². The molecule has 2 rings (SSSR count). The molecule has 1 saturated heterocycles. The van der Waals surface area contributed by atoms with Crippen LogP contribution in [0.15, 0.2) is 12.1 Å². The SMILES string of the molecule is COc1ccc(C[C@H]2CCCN2)[nH]1. The fourth-order valence-corrected chi connectivity index (χ4v) is 1.85. The fraction of sp³-hybridized carbons (Fsp3) is 0.600. The molecule has 1 atom stereocenters. The number of aromatic amines is 1. The van der Waals surface area contributed by atoms with Crippen LogP contribution in [-0.4, -0.2) is 24.7 Å². The number of rotatable bonds is 3. The summed E-state index contributed by atoms with van der Waals surface area (Å²) in [5.41, 5.74) is 1.26. The highest BCUT2D eigenvalue weighted by molar-refractivity contribution is 5.18. The summed E-state index contributed by atoms with van der Waals surface area (Å²) < 4.78 is 5.08. The van der Waals surface area contributed by atoms with Gasteiger partial charge in [0.25, 0.3) is 0 Å². The maximum Gasteiger partial charge on any atom is 0.190 e. The molecule has 72 valence electrons. The van der Waals surface area contributed by atoms with Crippen LogP contribution in [0.2, 0.25) is 0 Å². The monoisotopic (exact) mass is 180 g/mol. The molecule has 2 heterocycles. The predicted molar refractivity (Wildman–Crippen MR) is 52.1 cm³/mol. The van der Waals surface area contributed by atoms with Crippen molar-refractivity contribution in [2.75, 3.05) is 13.7 Å². The van der Waals surface area contributed by atoms with Crippen molar-refractivity contribution in [3.63, 3.8) is 0 Å². The average molecular weight is 180 g/mol. The van der Waals surface area contributed by atoms with Crippen LogP contribution in [0.25, 0.3) is 0 Å². The van der Waals surface area contributed by atoms with E-state index in [2.05, 4.69) is 16.4 Å². The van der Waals surface area contributed by atoms with E-state index in [1.165, 1.54) is 25.1 Å². The Morgan fingerprint density at radius 1 is 1.54 bits per heavy atom. The topological polar surface area (TPSA) is 37.0 Å². The third kappa shape index (κ3) is 2.04. The first-order chi connectivity index (χ1) is 6.38. The van der Waals surface area contributed by atoms with Gasteiger partial charge in [-0.3, -0.25) is 0 Å². The van der Waals surface area contributed by atoms with E-state index < -0.39 is 0 Å². The summed E-state index contributed by atoms with van der Waals surface area (Å²) in [6.07, 6.45) is 3.69. The van der Waals surface area contributed by atoms with Gasteiger partial charge in [0, 0.05) is 18.2 Å². The van der Waals surface area contributed by atoms with Gasteiger partial charge in [-0.1, -0.05) is 0 Å². The third-order valence-electron chi connectivity index (χ3n) is 2.57. The van der Waals surface area contributed by atoms with Crippen LogP contribution >= 0.6 is 0 Å². The number of ether oxygens (including phenoxy) is 1. The van der Waals surface area contributed by atoms with E-state index in [0.717, 1.165) is 12.3 Å². The lowest BCUT2D eigenvalue weighted by Gasteiger charge is -2.07. The average Bonchev–Trinajstić information content (AvgIpc) is 2.76. The molecule has 13 heavy (non-hydrogen) atoms. The van der Waals surface area contributed by atoms with Crippen LogP contribution < -0.4 is 10.1 Å². The van der Waals surface area contributed by atoms with E-state index in [-0.39, 0.29) is 0 Å². The second-order valence-electron chi connectivity index (χ2n) is 3.55. The highest BCUT2D eigenvalue weighted by Gasteiger charge is 2.14. The molecule has 1 aliphatic heterocycles. The first-order valence-corrected chi connectivity index (χ1v) is 4.84. The van der Waals surface area contributed by atoms with Crippen LogP contribution in [0.4, 0.5) is 0 Å². The Hall–Kier alpha value is -0.960. The molecule has 1 fully saturated rings. The van der Waals surface area contributed by atoms with Gasteiger partial charge in [-0.05, 0) is 31.5 Å². The zero-order valence-electron chi connectivity index (χ0n) is 7.97. The van der Waals surface area contributed by atoms with Crippen molar-refractivity contribution in [2.45, 2.75) is 25.3 Å². The molecule has 0 bridgehead atoms. The highest BCUT2D eigenvalue weighted by Crippen LogP contribution is 2.14. The number of methoxy groups -OCH3 is 1. The zero-order valence-corrected chi connectivity index (χ0v) is 7.97. The Balaban J connectivity index is 1.92. The van der Waals surface area contributed by atoms with Gasteiger partial charge in [0.15, 0.2) is 5.88 Å². The van der Waals surface area contributed by atoms with Gasteiger partial charge < -0.3 is 15.0 Å². The molecule has 0 aliphatic carbocycles. The zero-order chi connectivity index (χ0) is 9.10. The van der Waals surface area contributed by atoms with Gasteiger partial charge in [-0.2, -0.15) is 0 Å². The molecule has 0 radical (unpaired) electrons. The van der Waals surface area contributed by atoms with Crippen molar-refractivity contribution in [1.82, 2.24) is 10.3 Å². The Kier molecular flexibility index (Phi) is 2.54. The maximum atomic E-state index is 5.08. The minimum Gasteiger partial charge on any atom is -0.482 e. The summed E-state index contributed by atoms with van der Waals surface area (Å²) in [5.74, 6) is 0.855. The van der Waals surface area contributed by atoms with Crippen LogP contribution in [0.5, 0.6) is 5.88 Å². The third-order valence-corrected chi connectivity index (χ3v) is 2.57. The predicted octanol–water partition coefficient (Wildman–Crippen LogP) is 1.32. The molecule has 3 heteroatoms. The lowest BCUT2D eigenvalue weighted by molar-refractivity contribution is 0.399. The van der Waals surface area contributed by atoms with Crippen molar-refractivity contribution in [1.29, 1.82) is 0 Å². The van der Waals surface area contributed by atoms with Gasteiger partial charge in [0.2, 0.25) is 0 Å². The molecule has 0 amide bonds. The molecule has 1 aromatic heterocycles. The van der Waals surface area contributed by atoms with Crippen LogP contribution in [0.3, 0.4) is 0 Å². The van der Waals surface area contributed by atoms with Gasteiger partial charge in [0.1, 0.15) is 0 Å². The highest BCUT2D eigenvalue weighted by atomic mass is 16.5. The van der Waals surface area contributed by atoms with Gasteiger partial charge in [-0.15, -0.1) is 0 Å². The van der Waals surface area contributed by atoms with E-state index in [1.807, 2.05) is 6.07 Å². The fourth-order valence-electron chi connectivity index (χ4n) is 1.85. The van der Waals surface area contributed by atoms with Crippen LogP contribution in [0.1, 0.15) is 18.5 Å². The van der Waals surface area contributed by atoms with Crippen molar-refractivity contribution in [3.05, 3.63) is 17.8 Å². The standard InChI is InChI=1S/C10H16N2O/c1-13-10-5-4-9(12-10)7-8-3-2-6-11-8/h4-5,8,11-12H,2-3,6-7H2,1H3/t8-/m1/s1. The van der Waals surface area contributed by atoms with Crippen LogP contribution in [-0.2, 0) is 6.42 Å². The summed E-state index contributed by atoms with van der Waals surface area (Å²) in [6, 6.07) is 4.73. The molecule has 0 unspecified atom stereocenters. The van der Waals surface area contributed by atoms with Crippen molar-refractivity contribution in [3.8, 4) is 5.88 Å². The first kappa shape index (κ1) is 8.63. The Labute approximate surface area is 78.5 Å². The van der Waals surface area contributed by atoms with Crippen molar-refractivity contribution < 1.29 is 4.74 Å². The van der Waals surface area contributed by atoms with E-state index in [9.17, 15) is 0 Å². The molecular formula is C10H16N2O. The summed E-state index contributed by atoms with van der Waals surface area (Å²) in [4.78, 5) is 3.23. The molecule has 1 aliphatic rings. The summed E-state index contributed by atoms with van der Waals surface area (Å²) >= 11 is 0. The van der Waals surface area contributed by atoms with E-state index in [4.69, 9.17) is 4.74 Å². The van der Waals surface area contributed by atoms with Gasteiger partial charge in [-0.25, -0.2) is 0 Å². The van der Waals surface area contributed by atoms with E-state index in [0.29, 0.717) is 6.04 Å². The van der Waals surface area contributed by atoms with Crippen LogP contribution in [0, 0.1) is 0 Å². The number of aromatic nitrogens is 1. The van der Waals surface area contributed by atoms with Crippen molar-refractivity contribution in [2.24, 2.45) is 0 Å². The minimum atomic E-state index is 0.656. The smallest absolute Gasteiger partial charge is 0.190 e. The number of hydrogen-bond acceptors (Lipinski definition) is 2. The number of nitrogens with one attached hydrogen (secondary N) is 2. The minimum absolute atomic E-state index is 0.656. The van der Waals surface area contributed by atoms with E-state index >= 15 is 0 Å². The molecule has 2 N–H and O–H groups in total. The molecule has 0 aromatic carbocycles. The Bertz CT molecular complexity index is 264. The second-order valence-corrected chi connectivity index (χ2v) is 3.55. The first-order valence-electron chi connectivity index (χ1n) is 4.84. The Morgan fingerprint density at radius 3 is 3.08 bits per heavy atom. The number of H-pyrrole nitrogens is 1. The quantitative estimate of drug-likeness (QED) is 0.736. The summed E-state index contributed by atoms with van der Waals surface area (Å²) in [6.45, 7) is 1.17. The lowest BCUT2D eigenvalue weighted by atomic mass is 10.1.